The van der Waals surface area contributed by atoms with Gasteiger partial charge in [0.1, 0.15) is 0 Å². The number of rotatable bonds is 0. The van der Waals surface area contributed by atoms with E-state index in [-0.39, 0.29) is 11.7 Å². The lowest BCUT2D eigenvalue weighted by molar-refractivity contribution is -0.119. The Hall–Kier alpha value is -0.630. The van der Waals surface area contributed by atoms with Crippen LogP contribution >= 0.6 is 0 Å². The van der Waals surface area contributed by atoms with Crippen LogP contribution in [-0.2, 0) is 4.79 Å². The van der Waals surface area contributed by atoms with Gasteiger partial charge in [0.25, 0.3) is 0 Å². The summed E-state index contributed by atoms with van der Waals surface area (Å²) in [4.78, 5) is 10.7. The zero-order chi connectivity index (χ0) is 6.85. The monoisotopic (exact) mass is 126 g/mol. The molecule has 0 aromatic carbocycles. The van der Waals surface area contributed by atoms with Crippen LogP contribution in [0.4, 0.5) is 0 Å². The van der Waals surface area contributed by atoms with Gasteiger partial charge in [-0.2, -0.15) is 0 Å². The van der Waals surface area contributed by atoms with Crippen LogP contribution in [0, 0.1) is 5.92 Å². The van der Waals surface area contributed by atoms with Gasteiger partial charge >= 0.3 is 0 Å². The molecule has 0 saturated heterocycles. The third-order valence-electron chi connectivity index (χ3n) is 1.56. The molecule has 50 valence electrons. The van der Waals surface area contributed by atoms with Gasteiger partial charge in [-0.05, 0) is 12.5 Å². The minimum atomic E-state index is -0.405. The first-order valence-corrected chi connectivity index (χ1v) is 3.10. The van der Waals surface area contributed by atoms with Crippen LogP contribution in [0.15, 0.2) is 12.2 Å². The standard InChI is InChI=1S/C7H10O2/c1-5-4-6(8)2-3-7(5)9/h2-3,5-6,8H,4H2,1H3. The van der Waals surface area contributed by atoms with Crippen molar-refractivity contribution >= 4 is 5.78 Å². The molecule has 0 amide bonds. The molecule has 0 aliphatic heterocycles. The highest BCUT2D eigenvalue weighted by Crippen LogP contribution is 2.13. The number of hydrogen-bond donors (Lipinski definition) is 1. The number of carbonyl (C=O) groups excluding carboxylic acids is 1. The van der Waals surface area contributed by atoms with E-state index in [4.69, 9.17) is 5.11 Å². The molecule has 1 aliphatic rings. The Labute approximate surface area is 54.2 Å². The molecule has 0 heterocycles. The van der Waals surface area contributed by atoms with E-state index in [2.05, 4.69) is 0 Å². The molecular formula is C7H10O2. The molecule has 2 heteroatoms. The van der Waals surface area contributed by atoms with E-state index in [1.165, 1.54) is 6.08 Å². The quantitative estimate of drug-likeness (QED) is 0.513. The lowest BCUT2D eigenvalue weighted by Crippen LogP contribution is -2.20. The van der Waals surface area contributed by atoms with Crippen molar-refractivity contribution in [2.45, 2.75) is 19.4 Å². The van der Waals surface area contributed by atoms with Crippen molar-refractivity contribution in [3.63, 3.8) is 0 Å². The minimum absolute atomic E-state index is 0.00463. The summed E-state index contributed by atoms with van der Waals surface area (Å²) in [5.74, 6) is 0.130. The van der Waals surface area contributed by atoms with E-state index in [1.54, 1.807) is 6.08 Å². The number of allylic oxidation sites excluding steroid dienone is 1. The molecular weight excluding hydrogens is 116 g/mol. The zero-order valence-electron chi connectivity index (χ0n) is 5.37. The largest absolute Gasteiger partial charge is 0.389 e. The molecule has 2 atom stereocenters. The Kier molecular flexibility index (Phi) is 1.67. The van der Waals surface area contributed by atoms with Crippen molar-refractivity contribution in [1.82, 2.24) is 0 Å². The summed E-state index contributed by atoms with van der Waals surface area (Å²) in [7, 11) is 0. The van der Waals surface area contributed by atoms with E-state index in [1.807, 2.05) is 6.92 Å². The minimum Gasteiger partial charge on any atom is -0.389 e. The Balaban J connectivity index is 2.65. The van der Waals surface area contributed by atoms with E-state index in [0.717, 1.165) is 0 Å². The Morgan fingerprint density at radius 1 is 1.78 bits per heavy atom. The molecule has 9 heavy (non-hydrogen) atoms. The lowest BCUT2D eigenvalue weighted by Gasteiger charge is -2.14. The van der Waals surface area contributed by atoms with Gasteiger partial charge in [-0.1, -0.05) is 13.0 Å². The summed E-state index contributed by atoms with van der Waals surface area (Å²) >= 11 is 0. The molecule has 0 spiro atoms. The Morgan fingerprint density at radius 3 is 2.89 bits per heavy atom. The average molecular weight is 126 g/mol. The number of aliphatic hydroxyl groups is 1. The summed E-state index contributed by atoms with van der Waals surface area (Å²) in [5.41, 5.74) is 0. The number of ketones is 1. The van der Waals surface area contributed by atoms with Crippen LogP contribution in [0.2, 0.25) is 0 Å². The van der Waals surface area contributed by atoms with E-state index in [9.17, 15) is 4.79 Å². The second kappa shape index (κ2) is 2.31. The molecule has 1 N–H and O–H groups in total. The van der Waals surface area contributed by atoms with Crippen LogP contribution in [-0.4, -0.2) is 17.0 Å². The first-order valence-electron chi connectivity index (χ1n) is 3.10. The molecule has 0 aromatic rings. The maximum Gasteiger partial charge on any atom is 0.158 e. The zero-order valence-corrected chi connectivity index (χ0v) is 5.37. The Bertz CT molecular complexity index is 149. The normalized spacial score (nSPS) is 35.1. The average Bonchev–Trinajstić information content (AvgIpc) is 1.80. The molecule has 1 aliphatic carbocycles. The first-order chi connectivity index (χ1) is 4.20. The van der Waals surface area contributed by atoms with Crippen LogP contribution < -0.4 is 0 Å². The van der Waals surface area contributed by atoms with Gasteiger partial charge < -0.3 is 5.11 Å². The van der Waals surface area contributed by atoms with Crippen molar-refractivity contribution in [2.24, 2.45) is 5.92 Å². The van der Waals surface area contributed by atoms with Gasteiger partial charge in [-0.3, -0.25) is 4.79 Å². The van der Waals surface area contributed by atoms with Crippen molar-refractivity contribution in [3.05, 3.63) is 12.2 Å². The SMILES string of the molecule is CC1CC(O)C=CC1=O. The lowest BCUT2D eigenvalue weighted by atomic mass is 9.93. The molecule has 2 unspecified atom stereocenters. The topological polar surface area (TPSA) is 37.3 Å². The maximum atomic E-state index is 10.7. The summed E-state index contributed by atoms with van der Waals surface area (Å²) in [5, 5.41) is 8.96. The van der Waals surface area contributed by atoms with Gasteiger partial charge in [-0.25, -0.2) is 0 Å². The highest BCUT2D eigenvalue weighted by Gasteiger charge is 2.17. The van der Waals surface area contributed by atoms with Gasteiger partial charge in [-0.15, -0.1) is 0 Å². The highest BCUT2D eigenvalue weighted by molar-refractivity contribution is 5.92. The molecule has 0 saturated carbocycles. The van der Waals surface area contributed by atoms with Gasteiger partial charge in [0.05, 0.1) is 6.10 Å². The predicted octanol–water partition coefficient (Wildman–Crippen LogP) is 0.512. The predicted molar refractivity (Wildman–Crippen MR) is 33.9 cm³/mol. The number of hydrogen-bond acceptors (Lipinski definition) is 2. The van der Waals surface area contributed by atoms with Gasteiger partial charge in [0.2, 0.25) is 0 Å². The maximum absolute atomic E-state index is 10.7. The van der Waals surface area contributed by atoms with Crippen molar-refractivity contribution in [1.29, 1.82) is 0 Å². The van der Waals surface area contributed by atoms with Crippen molar-refractivity contribution < 1.29 is 9.90 Å². The fraction of sp³-hybridized carbons (Fsp3) is 0.571. The van der Waals surface area contributed by atoms with Crippen LogP contribution in [0.1, 0.15) is 13.3 Å². The second-order valence-electron chi connectivity index (χ2n) is 2.47. The van der Waals surface area contributed by atoms with Crippen LogP contribution in [0.5, 0.6) is 0 Å². The fourth-order valence-corrected chi connectivity index (χ4v) is 0.927. The van der Waals surface area contributed by atoms with E-state index in [0.29, 0.717) is 6.42 Å². The highest BCUT2D eigenvalue weighted by atomic mass is 16.3. The first kappa shape index (κ1) is 6.49. The van der Waals surface area contributed by atoms with Crippen molar-refractivity contribution in [3.8, 4) is 0 Å². The molecule has 1 rings (SSSR count). The third-order valence-corrected chi connectivity index (χ3v) is 1.56. The summed E-state index contributed by atoms with van der Waals surface area (Å²) in [6, 6.07) is 0. The fourth-order valence-electron chi connectivity index (χ4n) is 0.927. The van der Waals surface area contributed by atoms with Crippen LogP contribution in [0.3, 0.4) is 0 Å². The summed E-state index contributed by atoms with van der Waals surface area (Å²) in [6.45, 7) is 1.83. The summed E-state index contributed by atoms with van der Waals surface area (Å²) in [6.07, 6.45) is 3.17. The molecule has 0 fully saturated rings. The molecule has 0 bridgehead atoms. The van der Waals surface area contributed by atoms with Gasteiger partial charge in [0.15, 0.2) is 5.78 Å². The van der Waals surface area contributed by atoms with E-state index >= 15 is 0 Å². The number of carbonyl (C=O) groups is 1. The summed E-state index contributed by atoms with van der Waals surface area (Å²) < 4.78 is 0. The van der Waals surface area contributed by atoms with Gasteiger partial charge in [0, 0.05) is 5.92 Å². The van der Waals surface area contributed by atoms with Crippen molar-refractivity contribution in [2.75, 3.05) is 0 Å². The van der Waals surface area contributed by atoms with E-state index < -0.39 is 6.10 Å². The third kappa shape index (κ3) is 1.39. The Morgan fingerprint density at radius 2 is 2.44 bits per heavy atom. The molecule has 2 nitrogen and oxygen atoms in total. The molecule has 0 radical (unpaired) electrons. The number of aliphatic hydroxyl groups excluding tert-OH is 1. The smallest absolute Gasteiger partial charge is 0.158 e. The van der Waals surface area contributed by atoms with Crippen LogP contribution in [0.25, 0.3) is 0 Å². The molecule has 0 aromatic heterocycles. The second-order valence-corrected chi connectivity index (χ2v) is 2.47.